The Morgan fingerprint density at radius 2 is 1.45 bits per heavy atom. The second-order valence-electron chi connectivity index (χ2n) is 5.08. The molecule has 0 aromatic rings. The molecule has 1 fully saturated rings. The molecule has 0 bridgehead atoms. The molecule has 1 saturated carbocycles. The van der Waals surface area contributed by atoms with Gasteiger partial charge in [-0.3, -0.25) is 0 Å². The summed E-state index contributed by atoms with van der Waals surface area (Å²) in [4.78, 5) is 0. The highest BCUT2D eigenvalue weighted by Crippen LogP contribution is 2.39. The van der Waals surface area contributed by atoms with Crippen LogP contribution in [0.15, 0.2) is 0 Å². The third-order valence-corrected chi connectivity index (χ3v) is 3.07. The average molecular weight is 153 g/mol. The minimum atomic E-state index is 0.528. The van der Waals surface area contributed by atoms with Gasteiger partial charge in [-0.05, 0) is 30.1 Å². The summed E-state index contributed by atoms with van der Waals surface area (Å²) < 4.78 is 0. The van der Waals surface area contributed by atoms with Crippen LogP contribution in [0.25, 0.3) is 0 Å². The molecule has 0 heterocycles. The normalized spacial score (nSPS) is 33.8. The van der Waals surface area contributed by atoms with Crippen LogP contribution in [-0.2, 0) is 0 Å². The predicted molar refractivity (Wildman–Crippen MR) is 50.3 cm³/mol. The van der Waals surface area contributed by atoms with Crippen molar-refractivity contribution in [2.75, 3.05) is 0 Å². The lowest BCUT2D eigenvalue weighted by Gasteiger charge is -2.35. The first-order chi connectivity index (χ1) is 5.00. The maximum absolute atomic E-state index is 4.11. The molecule has 0 spiro atoms. The Kier molecular flexibility index (Phi) is 2.61. The molecule has 0 atom stereocenters. The molecule has 0 nitrogen and oxygen atoms in total. The molecule has 1 radical (unpaired) electrons. The van der Waals surface area contributed by atoms with Crippen molar-refractivity contribution in [3.05, 3.63) is 6.92 Å². The molecule has 1 rings (SSSR count). The quantitative estimate of drug-likeness (QED) is 0.498. The van der Waals surface area contributed by atoms with E-state index in [1.807, 2.05) is 0 Å². The lowest BCUT2D eigenvalue weighted by atomic mass is 9.70. The van der Waals surface area contributed by atoms with E-state index in [0.717, 1.165) is 11.8 Å². The van der Waals surface area contributed by atoms with Crippen LogP contribution in [0.5, 0.6) is 0 Å². The molecule has 0 heteroatoms. The van der Waals surface area contributed by atoms with E-state index in [0.29, 0.717) is 5.41 Å². The molecule has 0 aromatic carbocycles. The van der Waals surface area contributed by atoms with Gasteiger partial charge in [-0.2, -0.15) is 0 Å². The van der Waals surface area contributed by atoms with Crippen molar-refractivity contribution in [2.45, 2.75) is 46.5 Å². The topological polar surface area (TPSA) is 0 Å². The maximum Gasteiger partial charge on any atom is -0.0354 e. The van der Waals surface area contributed by atoms with Crippen molar-refractivity contribution in [3.63, 3.8) is 0 Å². The molecule has 1 aliphatic carbocycles. The van der Waals surface area contributed by atoms with Gasteiger partial charge >= 0.3 is 0 Å². The monoisotopic (exact) mass is 153 g/mol. The minimum absolute atomic E-state index is 0.528. The summed E-state index contributed by atoms with van der Waals surface area (Å²) in [5.74, 6) is 1.69. The van der Waals surface area contributed by atoms with Crippen molar-refractivity contribution in [3.8, 4) is 0 Å². The number of hydrogen-bond acceptors (Lipinski definition) is 0. The van der Waals surface area contributed by atoms with Crippen LogP contribution < -0.4 is 0 Å². The second kappa shape index (κ2) is 3.16. The van der Waals surface area contributed by atoms with Crippen molar-refractivity contribution in [2.24, 2.45) is 17.3 Å². The van der Waals surface area contributed by atoms with Crippen molar-refractivity contribution < 1.29 is 0 Å². The standard InChI is InChI=1S/C11H21/c1-9-5-7-10(8-6-9)11(2,3)4/h9-10H,1,5-8H2,2-4H3. The zero-order valence-electron chi connectivity index (χ0n) is 8.19. The van der Waals surface area contributed by atoms with Crippen LogP contribution in [0.4, 0.5) is 0 Å². The number of hydrogen-bond donors (Lipinski definition) is 0. The molecule has 0 amide bonds. The van der Waals surface area contributed by atoms with Crippen LogP contribution in [0.2, 0.25) is 0 Å². The van der Waals surface area contributed by atoms with Gasteiger partial charge in [0.2, 0.25) is 0 Å². The zero-order chi connectivity index (χ0) is 8.48. The Bertz CT molecular complexity index is 110. The predicted octanol–water partition coefficient (Wildman–Crippen LogP) is 3.67. The van der Waals surface area contributed by atoms with E-state index in [1.165, 1.54) is 25.7 Å². The van der Waals surface area contributed by atoms with E-state index in [-0.39, 0.29) is 0 Å². The van der Waals surface area contributed by atoms with Gasteiger partial charge in [0.25, 0.3) is 0 Å². The fraction of sp³-hybridized carbons (Fsp3) is 0.909. The Balaban J connectivity index is 2.39. The third kappa shape index (κ3) is 2.50. The minimum Gasteiger partial charge on any atom is -0.0599 e. The van der Waals surface area contributed by atoms with Gasteiger partial charge in [0.1, 0.15) is 0 Å². The van der Waals surface area contributed by atoms with E-state index >= 15 is 0 Å². The van der Waals surface area contributed by atoms with E-state index < -0.39 is 0 Å². The molecule has 0 N–H and O–H groups in total. The fourth-order valence-electron chi connectivity index (χ4n) is 2.03. The van der Waals surface area contributed by atoms with Crippen molar-refractivity contribution >= 4 is 0 Å². The molecule has 65 valence electrons. The van der Waals surface area contributed by atoms with Gasteiger partial charge in [0.15, 0.2) is 0 Å². The number of rotatable bonds is 0. The summed E-state index contributed by atoms with van der Waals surface area (Å²) in [5.41, 5.74) is 0.528. The van der Waals surface area contributed by atoms with Crippen molar-refractivity contribution in [1.82, 2.24) is 0 Å². The van der Waals surface area contributed by atoms with Gasteiger partial charge in [-0.25, -0.2) is 0 Å². The van der Waals surface area contributed by atoms with Gasteiger partial charge in [-0.15, -0.1) is 0 Å². The molecule has 0 aliphatic heterocycles. The summed E-state index contributed by atoms with van der Waals surface area (Å²) >= 11 is 0. The fourth-order valence-corrected chi connectivity index (χ4v) is 2.03. The van der Waals surface area contributed by atoms with Crippen molar-refractivity contribution in [1.29, 1.82) is 0 Å². The third-order valence-electron chi connectivity index (χ3n) is 3.07. The maximum atomic E-state index is 4.11. The second-order valence-corrected chi connectivity index (χ2v) is 5.08. The molecule has 0 unspecified atom stereocenters. The first-order valence-corrected chi connectivity index (χ1v) is 4.83. The molecule has 0 saturated heterocycles. The first kappa shape index (κ1) is 9.09. The Morgan fingerprint density at radius 1 is 1.00 bits per heavy atom. The Hall–Kier alpha value is 0. The van der Waals surface area contributed by atoms with E-state index in [1.54, 1.807) is 0 Å². The molecule has 0 aromatic heterocycles. The highest BCUT2D eigenvalue weighted by molar-refractivity contribution is 4.80. The highest BCUT2D eigenvalue weighted by Gasteiger charge is 2.27. The average Bonchev–Trinajstić information content (AvgIpc) is 1.86. The van der Waals surface area contributed by atoms with Crippen LogP contribution in [0.3, 0.4) is 0 Å². The van der Waals surface area contributed by atoms with Gasteiger partial charge in [-0.1, -0.05) is 40.5 Å². The van der Waals surface area contributed by atoms with Gasteiger partial charge in [0, 0.05) is 0 Å². The smallest absolute Gasteiger partial charge is 0.0354 e. The summed E-state index contributed by atoms with van der Waals surface area (Å²) in [6.45, 7) is 11.2. The molecular formula is C11H21. The zero-order valence-corrected chi connectivity index (χ0v) is 8.19. The van der Waals surface area contributed by atoms with E-state index in [4.69, 9.17) is 0 Å². The van der Waals surface area contributed by atoms with E-state index in [9.17, 15) is 0 Å². The lowest BCUT2D eigenvalue weighted by Crippen LogP contribution is -2.25. The SMILES string of the molecule is [CH2]C1CCC(C(C)(C)C)CC1. The molecular weight excluding hydrogens is 132 g/mol. The highest BCUT2D eigenvalue weighted by atomic mass is 14.3. The Labute approximate surface area is 71.4 Å². The largest absolute Gasteiger partial charge is 0.0599 e. The van der Waals surface area contributed by atoms with Crippen LogP contribution in [-0.4, -0.2) is 0 Å². The van der Waals surface area contributed by atoms with Crippen LogP contribution in [0, 0.1) is 24.2 Å². The molecule has 11 heavy (non-hydrogen) atoms. The summed E-state index contributed by atoms with van der Waals surface area (Å²) in [6.07, 6.45) is 5.50. The Morgan fingerprint density at radius 3 is 1.82 bits per heavy atom. The molecule has 1 aliphatic rings. The summed E-state index contributed by atoms with van der Waals surface area (Å²) in [5, 5.41) is 0. The van der Waals surface area contributed by atoms with E-state index in [2.05, 4.69) is 27.7 Å². The lowest BCUT2D eigenvalue weighted by molar-refractivity contribution is 0.162. The van der Waals surface area contributed by atoms with Gasteiger partial charge < -0.3 is 0 Å². The first-order valence-electron chi connectivity index (χ1n) is 4.83. The summed E-state index contributed by atoms with van der Waals surface area (Å²) in [7, 11) is 0. The van der Waals surface area contributed by atoms with Crippen LogP contribution in [0.1, 0.15) is 46.5 Å². The van der Waals surface area contributed by atoms with Crippen LogP contribution >= 0.6 is 0 Å². The summed E-state index contributed by atoms with van der Waals surface area (Å²) in [6, 6.07) is 0. The van der Waals surface area contributed by atoms with Gasteiger partial charge in [0.05, 0.1) is 0 Å².